The quantitative estimate of drug-likeness (QED) is 0.639. The van der Waals surface area contributed by atoms with Gasteiger partial charge in [0, 0.05) is 33.3 Å². The van der Waals surface area contributed by atoms with E-state index in [1.165, 1.54) is 0 Å². The smallest absolute Gasteiger partial charge is 0.224 e. The summed E-state index contributed by atoms with van der Waals surface area (Å²) < 4.78 is 0. The summed E-state index contributed by atoms with van der Waals surface area (Å²) in [6, 6.07) is 1.75. The van der Waals surface area contributed by atoms with E-state index in [4.69, 9.17) is 0 Å². The highest BCUT2D eigenvalue weighted by Gasteiger charge is 1.99. The highest BCUT2D eigenvalue weighted by atomic mass is 16.1. The van der Waals surface area contributed by atoms with Crippen LogP contribution in [0.25, 0.3) is 0 Å². The molecule has 6 nitrogen and oxygen atoms in total. The zero-order valence-electron chi connectivity index (χ0n) is 8.87. The van der Waals surface area contributed by atoms with E-state index in [1.807, 2.05) is 0 Å². The van der Waals surface area contributed by atoms with E-state index in [-0.39, 0.29) is 5.91 Å². The molecule has 0 saturated carbocycles. The van der Waals surface area contributed by atoms with E-state index in [0.717, 1.165) is 0 Å². The Morgan fingerprint density at radius 3 is 2.93 bits per heavy atom. The minimum Gasteiger partial charge on any atom is -0.369 e. The number of hydrogen-bond acceptors (Lipinski definition) is 5. The summed E-state index contributed by atoms with van der Waals surface area (Å²) in [4.78, 5) is 19.1. The fourth-order valence-electron chi connectivity index (χ4n) is 1.01. The van der Waals surface area contributed by atoms with Gasteiger partial charge in [-0.2, -0.15) is 4.98 Å². The molecule has 3 N–H and O–H groups in total. The molecule has 0 bridgehead atoms. The second kappa shape index (κ2) is 5.79. The minimum atomic E-state index is 0.00500. The zero-order valence-corrected chi connectivity index (χ0v) is 8.87. The van der Waals surface area contributed by atoms with Gasteiger partial charge < -0.3 is 16.0 Å². The molecule has 0 radical (unpaired) electrons. The molecule has 0 atom stereocenters. The number of hydrogen-bond donors (Lipinski definition) is 3. The van der Waals surface area contributed by atoms with Gasteiger partial charge in [-0.05, 0) is 6.07 Å². The van der Waals surface area contributed by atoms with Crippen LogP contribution in [0.15, 0.2) is 12.3 Å². The third-order valence-electron chi connectivity index (χ3n) is 1.82. The molecule has 0 fully saturated rings. The molecule has 6 heteroatoms. The predicted molar refractivity (Wildman–Crippen MR) is 58.8 cm³/mol. The van der Waals surface area contributed by atoms with Gasteiger partial charge in [0.05, 0.1) is 0 Å². The lowest BCUT2D eigenvalue weighted by molar-refractivity contribution is -0.120. The van der Waals surface area contributed by atoms with Crippen LogP contribution in [0.4, 0.5) is 11.8 Å². The predicted octanol–water partition coefficient (Wildman–Crippen LogP) is 0.0663. The maximum Gasteiger partial charge on any atom is 0.224 e. The summed E-state index contributed by atoms with van der Waals surface area (Å²) in [5.41, 5.74) is 0. The molecule has 1 amide bonds. The Morgan fingerprint density at radius 2 is 2.27 bits per heavy atom. The van der Waals surface area contributed by atoms with E-state index in [0.29, 0.717) is 24.7 Å². The molecule has 0 spiro atoms. The Hall–Kier alpha value is -1.85. The van der Waals surface area contributed by atoms with Crippen molar-refractivity contribution < 1.29 is 4.79 Å². The number of nitrogens with zero attached hydrogens (tertiary/aromatic N) is 2. The maximum atomic E-state index is 10.9. The van der Waals surface area contributed by atoms with Crippen molar-refractivity contribution in [1.82, 2.24) is 15.3 Å². The van der Waals surface area contributed by atoms with Crippen molar-refractivity contribution >= 4 is 17.7 Å². The molecule has 0 unspecified atom stereocenters. The monoisotopic (exact) mass is 209 g/mol. The molecule has 0 aliphatic carbocycles. The Kier molecular flexibility index (Phi) is 4.33. The summed E-state index contributed by atoms with van der Waals surface area (Å²) in [6.45, 7) is 0.555. The first kappa shape index (κ1) is 11.2. The van der Waals surface area contributed by atoms with Crippen molar-refractivity contribution in [2.75, 3.05) is 31.3 Å². The number of carbonyl (C=O) groups is 1. The van der Waals surface area contributed by atoms with E-state index in [1.54, 1.807) is 26.4 Å². The molecule has 0 aromatic carbocycles. The minimum absolute atomic E-state index is 0.00500. The first-order chi connectivity index (χ1) is 7.26. The molecule has 1 aromatic rings. The van der Waals surface area contributed by atoms with Crippen molar-refractivity contribution in [1.29, 1.82) is 0 Å². The summed E-state index contributed by atoms with van der Waals surface area (Å²) in [6.07, 6.45) is 2.08. The molecule has 82 valence electrons. The second-order valence-corrected chi connectivity index (χ2v) is 2.87. The lowest BCUT2D eigenvalue weighted by Gasteiger charge is -2.05. The largest absolute Gasteiger partial charge is 0.369 e. The highest BCUT2D eigenvalue weighted by molar-refractivity contribution is 5.76. The van der Waals surface area contributed by atoms with E-state index >= 15 is 0 Å². The molecular weight excluding hydrogens is 194 g/mol. The Morgan fingerprint density at radius 1 is 1.47 bits per heavy atom. The molecule has 0 aliphatic rings. The normalized spacial score (nSPS) is 9.47. The molecule has 1 heterocycles. The van der Waals surface area contributed by atoms with Crippen LogP contribution in [-0.2, 0) is 4.79 Å². The van der Waals surface area contributed by atoms with Gasteiger partial charge in [-0.15, -0.1) is 0 Å². The van der Waals surface area contributed by atoms with Gasteiger partial charge in [-0.25, -0.2) is 4.98 Å². The number of carbonyl (C=O) groups excluding carboxylic acids is 1. The van der Waals surface area contributed by atoms with Crippen LogP contribution in [0.5, 0.6) is 0 Å². The zero-order chi connectivity index (χ0) is 11.1. The fourth-order valence-corrected chi connectivity index (χ4v) is 1.01. The standard InChI is InChI=1S/C9H15N5O/c1-10-8(15)4-6-12-7-3-5-13-9(11-2)14-7/h3,5H,4,6H2,1-2H3,(H,10,15)(H2,11,12,13,14). The molecular formula is C9H15N5O. The topological polar surface area (TPSA) is 78.9 Å². The molecule has 0 saturated heterocycles. The van der Waals surface area contributed by atoms with Gasteiger partial charge in [0.2, 0.25) is 11.9 Å². The van der Waals surface area contributed by atoms with Crippen molar-refractivity contribution in [2.45, 2.75) is 6.42 Å². The lowest BCUT2D eigenvalue weighted by Crippen LogP contribution is -2.21. The number of aromatic nitrogens is 2. The summed E-state index contributed by atoms with van der Waals surface area (Å²) in [5.74, 6) is 1.27. The molecule has 1 rings (SSSR count). The van der Waals surface area contributed by atoms with Crippen LogP contribution < -0.4 is 16.0 Å². The fraction of sp³-hybridized carbons (Fsp3) is 0.444. The summed E-state index contributed by atoms with van der Waals surface area (Å²) in [5, 5.41) is 8.42. The van der Waals surface area contributed by atoms with Crippen LogP contribution in [0.3, 0.4) is 0 Å². The first-order valence-corrected chi connectivity index (χ1v) is 4.71. The van der Waals surface area contributed by atoms with Gasteiger partial charge in [0.25, 0.3) is 0 Å². The molecule has 1 aromatic heterocycles. The van der Waals surface area contributed by atoms with Crippen LogP contribution in [0, 0.1) is 0 Å². The molecule has 15 heavy (non-hydrogen) atoms. The van der Waals surface area contributed by atoms with Crippen molar-refractivity contribution in [3.63, 3.8) is 0 Å². The average molecular weight is 209 g/mol. The van der Waals surface area contributed by atoms with Gasteiger partial charge in [0.15, 0.2) is 0 Å². The average Bonchev–Trinajstić information content (AvgIpc) is 2.29. The lowest BCUT2D eigenvalue weighted by atomic mass is 10.4. The van der Waals surface area contributed by atoms with Gasteiger partial charge in [-0.1, -0.05) is 0 Å². The van der Waals surface area contributed by atoms with Crippen molar-refractivity contribution in [2.24, 2.45) is 0 Å². The van der Waals surface area contributed by atoms with Crippen LogP contribution >= 0.6 is 0 Å². The Bertz CT molecular complexity index is 328. The Balaban J connectivity index is 2.40. The second-order valence-electron chi connectivity index (χ2n) is 2.87. The van der Waals surface area contributed by atoms with Gasteiger partial charge >= 0.3 is 0 Å². The highest BCUT2D eigenvalue weighted by Crippen LogP contribution is 2.04. The third-order valence-corrected chi connectivity index (χ3v) is 1.82. The SMILES string of the molecule is CNC(=O)CCNc1ccnc(NC)n1. The van der Waals surface area contributed by atoms with Crippen molar-refractivity contribution in [3.05, 3.63) is 12.3 Å². The van der Waals surface area contributed by atoms with Crippen LogP contribution in [-0.4, -0.2) is 36.5 Å². The summed E-state index contributed by atoms with van der Waals surface area (Å²) >= 11 is 0. The number of anilines is 2. The third kappa shape index (κ3) is 3.80. The van der Waals surface area contributed by atoms with Crippen LogP contribution in [0.1, 0.15) is 6.42 Å². The number of nitrogens with one attached hydrogen (secondary N) is 3. The van der Waals surface area contributed by atoms with Crippen molar-refractivity contribution in [3.8, 4) is 0 Å². The van der Waals surface area contributed by atoms with Gasteiger partial charge in [0.1, 0.15) is 5.82 Å². The van der Waals surface area contributed by atoms with Gasteiger partial charge in [-0.3, -0.25) is 4.79 Å². The Labute approximate surface area is 88.5 Å². The van der Waals surface area contributed by atoms with E-state index in [2.05, 4.69) is 25.9 Å². The molecule has 0 aliphatic heterocycles. The number of amides is 1. The maximum absolute atomic E-state index is 10.9. The van der Waals surface area contributed by atoms with E-state index in [9.17, 15) is 4.79 Å². The van der Waals surface area contributed by atoms with Crippen LogP contribution in [0.2, 0.25) is 0 Å². The van der Waals surface area contributed by atoms with E-state index < -0.39 is 0 Å². The summed E-state index contributed by atoms with van der Waals surface area (Å²) in [7, 11) is 3.37. The first-order valence-electron chi connectivity index (χ1n) is 4.71. The number of rotatable bonds is 5.